The number of carbonyl (C=O) groups excluding carboxylic acids is 4. The molecule has 0 aliphatic heterocycles. The number of primary amides is 1. The van der Waals surface area contributed by atoms with Gasteiger partial charge in [-0.2, -0.15) is 0 Å². The quantitative estimate of drug-likeness (QED) is 0.135. The van der Waals surface area contributed by atoms with E-state index in [0.717, 1.165) is 0 Å². The second kappa shape index (κ2) is 12.2. The van der Waals surface area contributed by atoms with Crippen LogP contribution in [0.4, 0.5) is 0 Å². The van der Waals surface area contributed by atoms with Gasteiger partial charge in [-0.25, -0.2) is 4.79 Å². The zero-order valence-electron chi connectivity index (χ0n) is 15.0. The van der Waals surface area contributed by atoms with Gasteiger partial charge in [0, 0.05) is 0 Å². The number of hydrogen-bond acceptors (Lipinski definition) is 9. The molecule has 11 N–H and O–H groups in total. The van der Waals surface area contributed by atoms with Crippen molar-refractivity contribution in [2.45, 2.75) is 37.0 Å². The zero-order valence-corrected chi connectivity index (χ0v) is 15.0. The van der Waals surface area contributed by atoms with Gasteiger partial charge in [-0.3, -0.25) is 24.0 Å². The SMILES string of the molecule is NC(=O)CC(NC(=O)C(CC(=O)O)NC(=O)C(N)CO)C(=O)NC(CO)C(=O)O. The molecule has 0 rings (SSSR count). The second-order valence-corrected chi connectivity index (χ2v) is 5.76. The number of aliphatic hydroxyl groups is 2. The number of aliphatic hydroxyl groups excluding tert-OH is 2. The molecule has 29 heavy (non-hydrogen) atoms. The van der Waals surface area contributed by atoms with E-state index in [4.69, 9.17) is 31.9 Å². The van der Waals surface area contributed by atoms with Gasteiger partial charge < -0.3 is 47.8 Å². The normalized spacial score (nSPS) is 14.6. The van der Waals surface area contributed by atoms with Crippen molar-refractivity contribution in [3.8, 4) is 0 Å². The fourth-order valence-electron chi connectivity index (χ4n) is 1.89. The summed E-state index contributed by atoms with van der Waals surface area (Å²) in [5, 5.41) is 41.3. The maximum absolute atomic E-state index is 12.3. The lowest BCUT2D eigenvalue weighted by molar-refractivity contribution is -0.144. The third-order valence-corrected chi connectivity index (χ3v) is 3.38. The summed E-state index contributed by atoms with van der Waals surface area (Å²) in [6, 6.07) is -6.67. The van der Waals surface area contributed by atoms with E-state index < -0.39 is 85.8 Å². The standard InChI is InChI=1S/C14H23N5O10/c15-5(3-20)11(25)17-7(2-10(23)24)13(27)18-6(1-9(16)22)12(26)19-8(4-21)14(28)29/h5-8,20-21H,1-4,15H2,(H2,16,22)(H,17,25)(H,18,27)(H,19,26)(H,23,24)(H,28,29). The Hall–Kier alpha value is -3.30. The minimum Gasteiger partial charge on any atom is -0.481 e. The summed E-state index contributed by atoms with van der Waals surface area (Å²) >= 11 is 0. The van der Waals surface area contributed by atoms with Crippen LogP contribution in [0.5, 0.6) is 0 Å². The van der Waals surface area contributed by atoms with Crippen molar-refractivity contribution >= 4 is 35.6 Å². The molecule has 0 aromatic rings. The van der Waals surface area contributed by atoms with Gasteiger partial charge in [0.15, 0.2) is 0 Å². The molecule has 15 heteroatoms. The van der Waals surface area contributed by atoms with Gasteiger partial charge in [0.2, 0.25) is 23.6 Å². The molecule has 0 bridgehead atoms. The number of rotatable bonds is 13. The van der Waals surface area contributed by atoms with Crippen LogP contribution in [0.3, 0.4) is 0 Å². The first-order valence-electron chi connectivity index (χ1n) is 8.04. The number of carboxylic acids is 2. The first-order chi connectivity index (χ1) is 13.4. The van der Waals surface area contributed by atoms with Gasteiger partial charge in [0.1, 0.15) is 24.2 Å². The van der Waals surface area contributed by atoms with E-state index in [1.54, 1.807) is 0 Å². The third kappa shape index (κ3) is 9.45. The number of carboxylic acid groups (broad SMARTS) is 2. The molecule has 0 aliphatic rings. The predicted molar refractivity (Wildman–Crippen MR) is 91.6 cm³/mol. The van der Waals surface area contributed by atoms with E-state index in [1.165, 1.54) is 0 Å². The number of carbonyl (C=O) groups is 6. The minimum atomic E-state index is -1.74. The lowest BCUT2D eigenvalue weighted by Crippen LogP contribution is -2.58. The maximum atomic E-state index is 12.3. The molecule has 0 aromatic carbocycles. The van der Waals surface area contributed by atoms with Gasteiger partial charge in [-0.15, -0.1) is 0 Å². The van der Waals surface area contributed by atoms with Crippen LogP contribution in [0.15, 0.2) is 0 Å². The first-order valence-corrected chi connectivity index (χ1v) is 8.04. The zero-order chi connectivity index (χ0) is 22.7. The lowest BCUT2D eigenvalue weighted by atomic mass is 10.1. The molecular weight excluding hydrogens is 398 g/mol. The van der Waals surface area contributed by atoms with Gasteiger partial charge in [0.05, 0.1) is 26.1 Å². The molecular formula is C14H23N5O10. The van der Waals surface area contributed by atoms with Gasteiger partial charge >= 0.3 is 11.9 Å². The molecule has 0 spiro atoms. The van der Waals surface area contributed by atoms with Crippen LogP contribution in [0, 0.1) is 0 Å². The van der Waals surface area contributed by atoms with Crippen LogP contribution in [0.25, 0.3) is 0 Å². The number of nitrogens with one attached hydrogen (secondary N) is 3. The lowest BCUT2D eigenvalue weighted by Gasteiger charge is -2.23. The Morgan fingerprint density at radius 1 is 0.724 bits per heavy atom. The fourth-order valence-corrected chi connectivity index (χ4v) is 1.89. The van der Waals surface area contributed by atoms with E-state index in [0.29, 0.717) is 0 Å². The van der Waals surface area contributed by atoms with Crippen LogP contribution >= 0.6 is 0 Å². The summed E-state index contributed by atoms with van der Waals surface area (Å²) in [6.45, 7) is -1.78. The number of nitrogens with two attached hydrogens (primary N) is 2. The Morgan fingerprint density at radius 2 is 1.17 bits per heavy atom. The van der Waals surface area contributed by atoms with Crippen molar-refractivity contribution in [1.82, 2.24) is 16.0 Å². The van der Waals surface area contributed by atoms with Gasteiger partial charge in [-0.1, -0.05) is 0 Å². The Morgan fingerprint density at radius 3 is 1.55 bits per heavy atom. The highest BCUT2D eigenvalue weighted by molar-refractivity contribution is 5.97. The monoisotopic (exact) mass is 421 g/mol. The Bertz CT molecular complexity index is 655. The molecule has 0 aromatic heterocycles. The Labute approximate surface area is 163 Å². The Balaban J connectivity index is 5.42. The summed E-state index contributed by atoms with van der Waals surface area (Å²) in [5.41, 5.74) is 10.2. The maximum Gasteiger partial charge on any atom is 0.328 e. The molecule has 4 unspecified atom stereocenters. The topological polar surface area (TPSA) is 271 Å². The molecule has 4 atom stereocenters. The van der Waals surface area contributed by atoms with Crippen molar-refractivity contribution in [1.29, 1.82) is 0 Å². The summed E-state index contributed by atoms with van der Waals surface area (Å²) in [7, 11) is 0. The number of amides is 4. The van der Waals surface area contributed by atoms with E-state index in [-0.39, 0.29) is 0 Å². The number of hydrogen-bond donors (Lipinski definition) is 9. The molecule has 15 nitrogen and oxygen atoms in total. The molecule has 0 saturated heterocycles. The average molecular weight is 421 g/mol. The average Bonchev–Trinajstić information content (AvgIpc) is 2.62. The van der Waals surface area contributed by atoms with Crippen LogP contribution in [-0.4, -0.2) is 93.4 Å². The predicted octanol–water partition coefficient (Wildman–Crippen LogP) is -5.81. The van der Waals surface area contributed by atoms with E-state index >= 15 is 0 Å². The largest absolute Gasteiger partial charge is 0.481 e. The van der Waals surface area contributed by atoms with E-state index in [9.17, 15) is 28.8 Å². The van der Waals surface area contributed by atoms with Crippen molar-refractivity contribution in [3.63, 3.8) is 0 Å². The molecule has 0 aliphatic carbocycles. The van der Waals surface area contributed by atoms with Crippen molar-refractivity contribution in [2.75, 3.05) is 13.2 Å². The minimum absolute atomic E-state index is 0.792. The van der Waals surface area contributed by atoms with Crippen LogP contribution in [0.2, 0.25) is 0 Å². The highest BCUT2D eigenvalue weighted by Crippen LogP contribution is 2.00. The summed E-state index contributed by atoms with van der Waals surface area (Å²) in [6.07, 6.45) is -1.73. The number of aliphatic carboxylic acids is 2. The van der Waals surface area contributed by atoms with Crippen molar-refractivity contribution in [3.05, 3.63) is 0 Å². The second-order valence-electron chi connectivity index (χ2n) is 5.76. The van der Waals surface area contributed by atoms with Crippen LogP contribution in [-0.2, 0) is 28.8 Å². The summed E-state index contributed by atoms with van der Waals surface area (Å²) in [5.74, 6) is -7.66. The highest BCUT2D eigenvalue weighted by Gasteiger charge is 2.32. The Kier molecular flexibility index (Phi) is 10.8. The summed E-state index contributed by atoms with van der Waals surface area (Å²) in [4.78, 5) is 69.1. The molecule has 0 saturated carbocycles. The third-order valence-electron chi connectivity index (χ3n) is 3.38. The fraction of sp³-hybridized carbons (Fsp3) is 0.571. The smallest absolute Gasteiger partial charge is 0.328 e. The molecule has 0 radical (unpaired) electrons. The van der Waals surface area contributed by atoms with Crippen molar-refractivity contribution in [2.24, 2.45) is 11.5 Å². The van der Waals surface area contributed by atoms with E-state index in [2.05, 4.69) is 0 Å². The summed E-state index contributed by atoms with van der Waals surface area (Å²) < 4.78 is 0. The van der Waals surface area contributed by atoms with Crippen LogP contribution in [0.1, 0.15) is 12.8 Å². The van der Waals surface area contributed by atoms with Gasteiger partial charge in [0.25, 0.3) is 0 Å². The first kappa shape index (κ1) is 25.7. The van der Waals surface area contributed by atoms with Crippen LogP contribution < -0.4 is 27.4 Å². The van der Waals surface area contributed by atoms with Crippen molar-refractivity contribution < 1.29 is 49.2 Å². The molecule has 164 valence electrons. The molecule has 4 amide bonds. The molecule has 0 fully saturated rings. The van der Waals surface area contributed by atoms with E-state index in [1.807, 2.05) is 16.0 Å². The highest BCUT2D eigenvalue weighted by atomic mass is 16.4. The van der Waals surface area contributed by atoms with Gasteiger partial charge in [-0.05, 0) is 0 Å². The molecule has 0 heterocycles.